The molecule has 0 bridgehead atoms. The molecule has 1 unspecified atom stereocenters. The van der Waals surface area contributed by atoms with Gasteiger partial charge in [-0.25, -0.2) is 0 Å². The lowest BCUT2D eigenvalue weighted by molar-refractivity contribution is -0.132. The molecule has 4 N–H and O–H groups in total. The minimum absolute atomic E-state index is 0.202. The van der Waals surface area contributed by atoms with Crippen molar-refractivity contribution in [1.82, 2.24) is 25.9 Å². The number of nitrogens with two attached hydrogens (primary N) is 1. The number of tetrazole rings is 1. The van der Waals surface area contributed by atoms with E-state index < -0.39 is 5.41 Å². The third-order valence-corrected chi connectivity index (χ3v) is 3.74. The lowest BCUT2D eigenvalue weighted by Gasteiger charge is -2.35. The van der Waals surface area contributed by atoms with Crippen LogP contribution < -0.4 is 11.1 Å². The molecule has 19 heavy (non-hydrogen) atoms. The molecule has 0 aromatic carbocycles. The second-order valence-electron chi connectivity index (χ2n) is 4.52. The number of hydrogen-bond donors (Lipinski definition) is 3. The number of H-pyrrole nitrogens is 1. The van der Waals surface area contributed by atoms with E-state index in [0.29, 0.717) is 31.9 Å². The molecule has 8 nitrogen and oxygen atoms in total. The fourth-order valence-corrected chi connectivity index (χ4v) is 2.35. The van der Waals surface area contributed by atoms with Gasteiger partial charge in [0.05, 0.1) is 11.0 Å². The van der Waals surface area contributed by atoms with Crippen LogP contribution >= 0.6 is 12.2 Å². The quantitative estimate of drug-likeness (QED) is 0.635. The van der Waals surface area contributed by atoms with Crippen molar-refractivity contribution in [2.45, 2.75) is 25.8 Å². The zero-order valence-corrected chi connectivity index (χ0v) is 11.4. The minimum atomic E-state index is -0.842. The summed E-state index contributed by atoms with van der Waals surface area (Å²) >= 11 is 5.07. The monoisotopic (exact) mass is 284 g/mol. The van der Waals surface area contributed by atoms with Crippen LogP contribution in [0.25, 0.3) is 0 Å². The van der Waals surface area contributed by atoms with Crippen LogP contribution in [0.3, 0.4) is 0 Å². The van der Waals surface area contributed by atoms with E-state index in [9.17, 15) is 4.79 Å². The first-order valence-electron chi connectivity index (χ1n) is 5.98. The van der Waals surface area contributed by atoms with Crippen molar-refractivity contribution in [3.8, 4) is 0 Å². The van der Waals surface area contributed by atoms with E-state index >= 15 is 0 Å². The summed E-state index contributed by atoms with van der Waals surface area (Å²) in [5.41, 5.74) is 4.92. The summed E-state index contributed by atoms with van der Waals surface area (Å²) in [6.45, 7) is 2.72. The first kappa shape index (κ1) is 13.8. The molecule has 2 heterocycles. The second-order valence-corrected chi connectivity index (χ2v) is 4.96. The molecule has 0 saturated carbocycles. The van der Waals surface area contributed by atoms with E-state index in [2.05, 4.69) is 25.9 Å². The van der Waals surface area contributed by atoms with E-state index in [0.717, 1.165) is 0 Å². The molecule has 0 aliphatic carbocycles. The van der Waals surface area contributed by atoms with Gasteiger partial charge < -0.3 is 15.8 Å². The van der Waals surface area contributed by atoms with Gasteiger partial charge in [0.25, 0.3) is 0 Å². The molecule has 1 amide bonds. The fourth-order valence-electron chi connectivity index (χ4n) is 2.06. The molecule has 1 aromatic heterocycles. The van der Waals surface area contributed by atoms with Crippen LogP contribution in [-0.4, -0.2) is 44.7 Å². The van der Waals surface area contributed by atoms with E-state index in [1.54, 1.807) is 6.92 Å². The normalized spacial score (nSPS) is 19.6. The Balaban J connectivity index is 2.10. The molecule has 1 saturated heterocycles. The Morgan fingerprint density at radius 1 is 1.58 bits per heavy atom. The summed E-state index contributed by atoms with van der Waals surface area (Å²) in [6.07, 6.45) is 0.986. The van der Waals surface area contributed by atoms with Gasteiger partial charge >= 0.3 is 0 Å². The van der Waals surface area contributed by atoms with Crippen molar-refractivity contribution in [2.75, 3.05) is 13.2 Å². The fraction of sp³-hybridized carbons (Fsp3) is 0.700. The number of aromatic nitrogens is 4. The number of aromatic amines is 1. The first-order valence-corrected chi connectivity index (χ1v) is 6.39. The minimum Gasteiger partial charge on any atom is -0.392 e. The van der Waals surface area contributed by atoms with E-state index in [1.807, 2.05) is 0 Å². The number of amides is 1. The van der Waals surface area contributed by atoms with Crippen LogP contribution in [0.1, 0.15) is 31.6 Å². The summed E-state index contributed by atoms with van der Waals surface area (Å²) < 4.78 is 5.27. The molecule has 1 aliphatic heterocycles. The highest BCUT2D eigenvalue weighted by Crippen LogP contribution is 2.32. The van der Waals surface area contributed by atoms with Gasteiger partial charge in [0.1, 0.15) is 5.41 Å². The number of nitrogens with zero attached hydrogens (tertiary/aromatic N) is 3. The maximum Gasteiger partial charge on any atom is 0.233 e. The summed E-state index contributed by atoms with van der Waals surface area (Å²) in [7, 11) is 0. The number of thiocarbonyl (C=S) groups is 1. The van der Waals surface area contributed by atoms with Gasteiger partial charge in [0.2, 0.25) is 5.91 Å². The molecule has 104 valence electrons. The summed E-state index contributed by atoms with van der Waals surface area (Å²) in [5.74, 6) is 0.207. The average molecular weight is 284 g/mol. The third kappa shape index (κ3) is 2.71. The molecule has 9 heteroatoms. The predicted octanol–water partition coefficient (Wildman–Crippen LogP) is -0.540. The number of rotatable bonds is 4. The van der Waals surface area contributed by atoms with Crippen molar-refractivity contribution in [3.05, 3.63) is 5.82 Å². The molecule has 1 aromatic rings. The zero-order valence-electron chi connectivity index (χ0n) is 10.5. The number of nitrogens with one attached hydrogen (secondary N) is 2. The van der Waals surface area contributed by atoms with Crippen molar-refractivity contribution in [2.24, 2.45) is 11.1 Å². The molecular weight excluding hydrogens is 268 g/mol. The molecule has 1 fully saturated rings. The molecule has 1 aliphatic rings. The van der Waals surface area contributed by atoms with E-state index in [1.165, 1.54) is 0 Å². The summed E-state index contributed by atoms with van der Waals surface area (Å²) in [4.78, 5) is 12.6. The Morgan fingerprint density at radius 3 is 2.79 bits per heavy atom. The topological polar surface area (TPSA) is 119 Å². The highest BCUT2D eigenvalue weighted by Gasteiger charge is 2.43. The number of carbonyl (C=O) groups is 1. The van der Waals surface area contributed by atoms with Crippen LogP contribution in [0.4, 0.5) is 0 Å². The van der Waals surface area contributed by atoms with Crippen molar-refractivity contribution in [1.29, 1.82) is 0 Å². The van der Waals surface area contributed by atoms with Crippen LogP contribution in [0.2, 0.25) is 0 Å². The Hall–Kier alpha value is -1.61. The Kier molecular flexibility index (Phi) is 4.05. The van der Waals surface area contributed by atoms with Gasteiger partial charge in [-0.15, -0.1) is 10.2 Å². The molecular formula is C10H16N6O2S. The van der Waals surface area contributed by atoms with Crippen LogP contribution in [0.15, 0.2) is 0 Å². The first-order chi connectivity index (χ1) is 9.06. The van der Waals surface area contributed by atoms with Crippen LogP contribution in [-0.2, 0) is 9.53 Å². The van der Waals surface area contributed by atoms with E-state index in [4.69, 9.17) is 22.7 Å². The van der Waals surface area contributed by atoms with E-state index in [-0.39, 0.29) is 16.9 Å². The van der Waals surface area contributed by atoms with Gasteiger partial charge in [-0.2, -0.15) is 5.21 Å². The number of ether oxygens (including phenoxy) is 1. The van der Waals surface area contributed by atoms with Gasteiger partial charge in [0, 0.05) is 13.2 Å². The third-order valence-electron chi connectivity index (χ3n) is 3.35. The van der Waals surface area contributed by atoms with Crippen LogP contribution in [0, 0.1) is 5.41 Å². The summed E-state index contributed by atoms with van der Waals surface area (Å²) in [5, 5.41) is 16.3. The maximum atomic E-state index is 12.4. The van der Waals surface area contributed by atoms with Gasteiger partial charge in [-0.1, -0.05) is 17.4 Å². The van der Waals surface area contributed by atoms with Crippen molar-refractivity contribution >= 4 is 23.1 Å². The maximum absolute atomic E-state index is 12.4. The Morgan fingerprint density at radius 2 is 2.26 bits per heavy atom. The predicted molar refractivity (Wildman–Crippen MR) is 70.0 cm³/mol. The van der Waals surface area contributed by atoms with Crippen LogP contribution in [0.5, 0.6) is 0 Å². The lowest BCUT2D eigenvalue weighted by atomic mass is 9.79. The largest absolute Gasteiger partial charge is 0.392 e. The number of hydrogen-bond acceptors (Lipinski definition) is 6. The summed E-state index contributed by atoms with van der Waals surface area (Å²) in [6, 6.07) is -0.361. The van der Waals surface area contributed by atoms with Crippen molar-refractivity contribution < 1.29 is 9.53 Å². The molecule has 0 spiro atoms. The average Bonchev–Trinajstić information content (AvgIpc) is 2.93. The number of carbonyl (C=O) groups excluding carboxylic acids is 1. The highest BCUT2D eigenvalue weighted by atomic mass is 32.1. The zero-order chi connectivity index (χ0) is 13.9. The Bertz CT molecular complexity index is 457. The molecule has 2 rings (SSSR count). The lowest BCUT2D eigenvalue weighted by Crippen LogP contribution is -2.52. The second kappa shape index (κ2) is 5.57. The highest BCUT2D eigenvalue weighted by molar-refractivity contribution is 7.80. The SMILES string of the molecule is CC(NC(=O)C1(C(N)=S)CCOCC1)c1nn[nH]n1. The smallest absolute Gasteiger partial charge is 0.233 e. The Labute approximate surface area is 115 Å². The van der Waals surface area contributed by atoms with Crippen molar-refractivity contribution in [3.63, 3.8) is 0 Å². The molecule has 0 radical (unpaired) electrons. The molecule has 1 atom stereocenters. The standard InChI is InChI=1S/C10H16N6O2S/c1-6(7-13-15-16-14-7)12-9(17)10(8(11)19)2-4-18-5-3-10/h6H,2-5H2,1H3,(H2,11,19)(H,12,17)(H,13,14,15,16). The van der Waals surface area contributed by atoms with Gasteiger partial charge in [0.15, 0.2) is 5.82 Å². The van der Waals surface area contributed by atoms with Gasteiger partial charge in [-0.05, 0) is 19.8 Å². The van der Waals surface area contributed by atoms with Gasteiger partial charge in [-0.3, -0.25) is 4.79 Å².